The minimum Gasteiger partial charge on any atom is -0.363 e. The Morgan fingerprint density at radius 1 is 1.36 bits per heavy atom. The van der Waals surface area contributed by atoms with Gasteiger partial charge < -0.3 is 10.3 Å². The molecule has 0 bridgehead atoms. The molecule has 1 aromatic heterocycles. The van der Waals surface area contributed by atoms with Gasteiger partial charge in [-0.05, 0) is 20.9 Å². The molecule has 0 aromatic carbocycles. The molecule has 0 aliphatic heterocycles. The first-order chi connectivity index (χ1) is 5.66. The van der Waals surface area contributed by atoms with E-state index < -0.39 is 0 Å². The van der Waals surface area contributed by atoms with Crippen LogP contribution in [0.3, 0.4) is 0 Å². The predicted octanol–water partition coefficient (Wildman–Crippen LogP) is 1.55. The van der Waals surface area contributed by atoms with Crippen molar-refractivity contribution in [1.29, 1.82) is 0 Å². The van der Waals surface area contributed by atoms with Gasteiger partial charge in [-0.2, -0.15) is 0 Å². The summed E-state index contributed by atoms with van der Waals surface area (Å²) in [6.07, 6.45) is 1.75. The number of rotatable bonds is 2. The molecule has 0 saturated heterocycles. The molecule has 0 unspecified atom stereocenters. The smallest absolute Gasteiger partial charge is 0.187 e. The number of aryl methyl sites for hydroxylation is 1. The molecular formula is C9H16Cl2N2O. The summed E-state index contributed by atoms with van der Waals surface area (Å²) in [5.41, 5.74) is 2.68. The summed E-state index contributed by atoms with van der Waals surface area (Å²) in [5, 5.41) is 3.00. The monoisotopic (exact) mass is 238 g/mol. The highest BCUT2D eigenvalue weighted by Crippen LogP contribution is 1.99. The summed E-state index contributed by atoms with van der Waals surface area (Å²) >= 11 is 0. The van der Waals surface area contributed by atoms with Crippen molar-refractivity contribution in [3.05, 3.63) is 33.2 Å². The Labute approximate surface area is 96.1 Å². The van der Waals surface area contributed by atoms with Crippen LogP contribution in [0, 0.1) is 13.8 Å². The van der Waals surface area contributed by atoms with Crippen LogP contribution in [-0.4, -0.2) is 12.0 Å². The Balaban J connectivity index is 0. The summed E-state index contributed by atoms with van der Waals surface area (Å²) in [7, 11) is 1.86. The molecule has 1 rings (SSSR count). The van der Waals surface area contributed by atoms with Gasteiger partial charge in [0.05, 0.1) is 0 Å². The summed E-state index contributed by atoms with van der Waals surface area (Å²) in [5.74, 6) is 0. The molecule has 0 fully saturated rings. The van der Waals surface area contributed by atoms with Crippen LogP contribution in [0.15, 0.2) is 11.0 Å². The fraction of sp³-hybridized carbons (Fsp3) is 0.444. The van der Waals surface area contributed by atoms with Crippen molar-refractivity contribution >= 4 is 24.8 Å². The first-order valence-corrected chi connectivity index (χ1v) is 3.99. The van der Waals surface area contributed by atoms with Gasteiger partial charge in [0, 0.05) is 29.6 Å². The number of aromatic nitrogens is 1. The van der Waals surface area contributed by atoms with E-state index >= 15 is 0 Å². The van der Waals surface area contributed by atoms with Gasteiger partial charge in [0.25, 0.3) is 0 Å². The van der Waals surface area contributed by atoms with Crippen molar-refractivity contribution < 1.29 is 0 Å². The van der Waals surface area contributed by atoms with Crippen molar-refractivity contribution in [2.75, 3.05) is 7.05 Å². The van der Waals surface area contributed by atoms with E-state index in [1.165, 1.54) is 0 Å². The van der Waals surface area contributed by atoms with Crippen LogP contribution in [0.4, 0.5) is 0 Å². The first-order valence-electron chi connectivity index (χ1n) is 3.99. The molecule has 0 amide bonds. The van der Waals surface area contributed by atoms with E-state index in [1.54, 1.807) is 6.20 Å². The van der Waals surface area contributed by atoms with E-state index in [4.69, 9.17) is 0 Å². The van der Waals surface area contributed by atoms with E-state index in [0.29, 0.717) is 6.54 Å². The molecule has 0 atom stereocenters. The zero-order chi connectivity index (χ0) is 9.14. The third kappa shape index (κ3) is 3.33. The Bertz CT molecular complexity index is 336. The fourth-order valence-corrected chi connectivity index (χ4v) is 1.16. The fourth-order valence-electron chi connectivity index (χ4n) is 1.16. The lowest BCUT2D eigenvalue weighted by atomic mass is 10.1. The topological polar surface area (TPSA) is 44.9 Å². The van der Waals surface area contributed by atoms with E-state index in [2.05, 4.69) is 10.3 Å². The zero-order valence-corrected chi connectivity index (χ0v) is 10.1. The van der Waals surface area contributed by atoms with Gasteiger partial charge in [-0.1, -0.05) is 0 Å². The molecule has 0 radical (unpaired) electrons. The molecule has 14 heavy (non-hydrogen) atoms. The maximum Gasteiger partial charge on any atom is 0.187 e. The molecule has 0 aliphatic rings. The second-order valence-electron chi connectivity index (χ2n) is 2.93. The molecule has 3 nitrogen and oxygen atoms in total. The third-order valence-corrected chi connectivity index (χ3v) is 1.97. The molecule has 0 aliphatic carbocycles. The second kappa shape index (κ2) is 6.87. The van der Waals surface area contributed by atoms with E-state index in [0.717, 1.165) is 16.8 Å². The summed E-state index contributed by atoms with van der Waals surface area (Å²) in [6.45, 7) is 4.37. The molecular weight excluding hydrogens is 223 g/mol. The molecule has 2 N–H and O–H groups in total. The largest absolute Gasteiger partial charge is 0.363 e. The molecule has 5 heteroatoms. The molecule has 0 spiro atoms. The lowest BCUT2D eigenvalue weighted by Gasteiger charge is -2.04. The lowest BCUT2D eigenvalue weighted by Crippen LogP contribution is -2.17. The highest BCUT2D eigenvalue weighted by Gasteiger charge is 2.02. The van der Waals surface area contributed by atoms with Crippen LogP contribution >= 0.6 is 24.8 Å². The molecule has 1 heterocycles. The van der Waals surface area contributed by atoms with Gasteiger partial charge >= 0.3 is 0 Å². The maximum atomic E-state index is 11.4. The van der Waals surface area contributed by atoms with Gasteiger partial charge in [0.15, 0.2) is 5.43 Å². The molecule has 1 aromatic rings. The van der Waals surface area contributed by atoms with Crippen molar-refractivity contribution in [1.82, 2.24) is 10.3 Å². The molecule has 82 valence electrons. The van der Waals surface area contributed by atoms with Crippen molar-refractivity contribution in [3.63, 3.8) is 0 Å². The van der Waals surface area contributed by atoms with Crippen LogP contribution in [0.1, 0.15) is 16.8 Å². The first kappa shape index (κ1) is 15.9. The van der Waals surface area contributed by atoms with Crippen LogP contribution in [0.2, 0.25) is 0 Å². The van der Waals surface area contributed by atoms with Crippen molar-refractivity contribution in [3.8, 4) is 0 Å². The summed E-state index contributed by atoms with van der Waals surface area (Å²) in [6, 6.07) is 0. The Kier molecular flexibility index (Phi) is 7.82. The third-order valence-electron chi connectivity index (χ3n) is 1.97. The van der Waals surface area contributed by atoms with E-state index in [9.17, 15) is 4.79 Å². The second-order valence-corrected chi connectivity index (χ2v) is 2.93. The zero-order valence-electron chi connectivity index (χ0n) is 8.51. The summed E-state index contributed by atoms with van der Waals surface area (Å²) in [4.78, 5) is 14.5. The molecule has 0 saturated carbocycles. The number of H-pyrrole nitrogens is 1. The lowest BCUT2D eigenvalue weighted by molar-refractivity contribution is 0.780. The quantitative estimate of drug-likeness (QED) is 0.822. The van der Waals surface area contributed by atoms with Crippen LogP contribution < -0.4 is 10.7 Å². The highest BCUT2D eigenvalue weighted by molar-refractivity contribution is 5.85. The van der Waals surface area contributed by atoms with Crippen LogP contribution in [-0.2, 0) is 6.54 Å². The van der Waals surface area contributed by atoms with Gasteiger partial charge in [0.2, 0.25) is 0 Å². The number of hydrogen-bond acceptors (Lipinski definition) is 2. The van der Waals surface area contributed by atoms with Crippen molar-refractivity contribution in [2.45, 2.75) is 20.4 Å². The minimum atomic E-state index is 0. The predicted molar refractivity (Wildman–Crippen MR) is 63.8 cm³/mol. The highest BCUT2D eigenvalue weighted by atomic mass is 35.5. The summed E-state index contributed by atoms with van der Waals surface area (Å²) < 4.78 is 0. The van der Waals surface area contributed by atoms with Gasteiger partial charge in [-0.3, -0.25) is 4.79 Å². The van der Waals surface area contributed by atoms with E-state index in [-0.39, 0.29) is 30.2 Å². The number of halogens is 2. The van der Waals surface area contributed by atoms with Gasteiger partial charge in [-0.15, -0.1) is 24.8 Å². The van der Waals surface area contributed by atoms with Gasteiger partial charge in [-0.25, -0.2) is 0 Å². The van der Waals surface area contributed by atoms with Crippen LogP contribution in [0.25, 0.3) is 0 Å². The van der Waals surface area contributed by atoms with Gasteiger partial charge in [0.1, 0.15) is 0 Å². The Morgan fingerprint density at radius 3 is 2.43 bits per heavy atom. The minimum absolute atomic E-state index is 0. The number of aromatic amines is 1. The van der Waals surface area contributed by atoms with Crippen LogP contribution in [0.5, 0.6) is 0 Å². The SMILES string of the molecule is CNCc1[nH]cc(C)c(=O)c1C.Cl.Cl. The Hall–Kier alpha value is -0.510. The number of nitrogens with one attached hydrogen (secondary N) is 2. The Morgan fingerprint density at radius 2 is 1.93 bits per heavy atom. The van der Waals surface area contributed by atoms with E-state index in [1.807, 2.05) is 20.9 Å². The number of hydrogen-bond donors (Lipinski definition) is 2. The number of pyridine rings is 1. The average molecular weight is 239 g/mol. The maximum absolute atomic E-state index is 11.4. The normalized spacial score (nSPS) is 8.79. The average Bonchev–Trinajstić information content (AvgIpc) is 2.07. The van der Waals surface area contributed by atoms with Crippen molar-refractivity contribution in [2.24, 2.45) is 0 Å². The standard InChI is InChI=1S/C9H14N2O.2ClH/c1-6-4-11-8(5-10-3)7(2)9(6)12;;/h4,10H,5H2,1-3H3,(H,11,12);2*1H.